The molecule has 2 fully saturated rings. The molecule has 0 bridgehead atoms. The van der Waals surface area contributed by atoms with Crippen molar-refractivity contribution < 1.29 is 9.53 Å². The number of carbonyl (C=O) groups is 1. The summed E-state index contributed by atoms with van der Waals surface area (Å²) in [7, 11) is 0. The first-order valence-electron chi connectivity index (χ1n) is 11.0. The molecule has 1 amide bonds. The van der Waals surface area contributed by atoms with E-state index in [0.29, 0.717) is 12.3 Å². The number of likely N-dealkylation sites (tertiary alicyclic amines) is 1. The third-order valence-electron chi connectivity index (χ3n) is 5.67. The van der Waals surface area contributed by atoms with Crippen LogP contribution in [0.4, 0.5) is 0 Å². The van der Waals surface area contributed by atoms with E-state index < -0.39 is 0 Å². The molecule has 1 unspecified atom stereocenters. The Bertz CT molecular complexity index is 801. The van der Waals surface area contributed by atoms with Crippen molar-refractivity contribution in [1.29, 1.82) is 0 Å². The summed E-state index contributed by atoms with van der Waals surface area (Å²) in [6.45, 7) is 5.16. The van der Waals surface area contributed by atoms with Gasteiger partial charge in [-0.1, -0.05) is 48.5 Å². The lowest BCUT2D eigenvalue weighted by atomic mass is 10.1. The molecule has 8 heteroatoms. The Morgan fingerprint density at radius 2 is 1.93 bits per heavy atom. The van der Waals surface area contributed by atoms with Gasteiger partial charge >= 0.3 is 0 Å². The first kappa shape index (κ1) is 21.3. The third kappa shape index (κ3) is 6.06. The Morgan fingerprint density at radius 3 is 2.70 bits per heavy atom. The van der Waals surface area contributed by atoms with E-state index in [1.165, 1.54) is 36.6 Å². The normalized spacial score (nSPS) is 19.8. The SMILES string of the molecule is O=C(CSc1nnc(CN2CCCCC2)n1Cc1ccccc1)NCC1CCCO1. The van der Waals surface area contributed by atoms with Gasteiger partial charge in [-0.3, -0.25) is 9.69 Å². The first-order chi connectivity index (χ1) is 14.8. The van der Waals surface area contributed by atoms with Crippen LogP contribution < -0.4 is 5.32 Å². The number of ether oxygens (including phenoxy) is 1. The van der Waals surface area contributed by atoms with Crippen molar-refractivity contribution in [3.8, 4) is 0 Å². The van der Waals surface area contributed by atoms with Crippen molar-refractivity contribution in [3.63, 3.8) is 0 Å². The lowest BCUT2D eigenvalue weighted by Crippen LogP contribution is -2.33. The number of thioether (sulfide) groups is 1. The third-order valence-corrected chi connectivity index (χ3v) is 6.64. The van der Waals surface area contributed by atoms with Gasteiger partial charge < -0.3 is 14.6 Å². The highest BCUT2D eigenvalue weighted by atomic mass is 32.2. The maximum Gasteiger partial charge on any atom is 0.230 e. The van der Waals surface area contributed by atoms with E-state index in [9.17, 15) is 4.79 Å². The Labute approximate surface area is 182 Å². The molecule has 0 radical (unpaired) electrons. The van der Waals surface area contributed by atoms with Crippen LogP contribution in [0.15, 0.2) is 35.5 Å². The van der Waals surface area contributed by atoms with E-state index in [0.717, 1.165) is 56.6 Å². The molecule has 2 aliphatic heterocycles. The van der Waals surface area contributed by atoms with Gasteiger partial charge in [-0.15, -0.1) is 10.2 Å². The van der Waals surface area contributed by atoms with Crippen LogP contribution in [0.3, 0.4) is 0 Å². The molecule has 7 nitrogen and oxygen atoms in total. The van der Waals surface area contributed by atoms with E-state index in [4.69, 9.17) is 4.74 Å². The minimum atomic E-state index is 0.0161. The molecule has 2 saturated heterocycles. The van der Waals surface area contributed by atoms with Gasteiger partial charge in [0.15, 0.2) is 5.16 Å². The topological polar surface area (TPSA) is 72.3 Å². The van der Waals surface area contributed by atoms with Crippen LogP contribution in [0, 0.1) is 0 Å². The van der Waals surface area contributed by atoms with Crippen molar-refractivity contribution in [2.24, 2.45) is 0 Å². The summed E-state index contributed by atoms with van der Waals surface area (Å²) >= 11 is 1.46. The Kier molecular flexibility index (Phi) is 7.77. The molecule has 4 rings (SSSR count). The van der Waals surface area contributed by atoms with Crippen LogP contribution >= 0.6 is 11.8 Å². The highest BCUT2D eigenvalue weighted by Crippen LogP contribution is 2.21. The average Bonchev–Trinajstić information content (AvgIpc) is 3.43. The van der Waals surface area contributed by atoms with Gasteiger partial charge in [-0.25, -0.2) is 0 Å². The predicted octanol–water partition coefficient (Wildman–Crippen LogP) is 2.70. The molecule has 30 heavy (non-hydrogen) atoms. The maximum atomic E-state index is 12.3. The van der Waals surface area contributed by atoms with Crippen molar-refractivity contribution in [2.45, 2.75) is 56.5 Å². The fourth-order valence-corrected chi connectivity index (χ4v) is 4.79. The summed E-state index contributed by atoms with van der Waals surface area (Å²) in [4.78, 5) is 14.8. The number of piperidine rings is 1. The smallest absolute Gasteiger partial charge is 0.230 e. The zero-order valence-corrected chi connectivity index (χ0v) is 18.3. The summed E-state index contributed by atoms with van der Waals surface area (Å²) in [6.07, 6.45) is 6.08. The average molecular weight is 430 g/mol. The lowest BCUT2D eigenvalue weighted by Gasteiger charge is -2.26. The quantitative estimate of drug-likeness (QED) is 0.618. The molecule has 2 aromatic rings. The minimum Gasteiger partial charge on any atom is -0.376 e. The highest BCUT2D eigenvalue weighted by molar-refractivity contribution is 7.99. The van der Waals surface area contributed by atoms with Crippen molar-refractivity contribution >= 4 is 17.7 Å². The second-order valence-electron chi connectivity index (χ2n) is 8.04. The molecule has 3 heterocycles. The van der Waals surface area contributed by atoms with Crippen LogP contribution in [0.2, 0.25) is 0 Å². The number of carbonyl (C=O) groups excluding carboxylic acids is 1. The number of aromatic nitrogens is 3. The van der Waals surface area contributed by atoms with Crippen molar-refractivity contribution in [1.82, 2.24) is 25.0 Å². The fraction of sp³-hybridized carbons (Fsp3) is 0.591. The Balaban J connectivity index is 1.39. The molecular formula is C22H31N5O2S. The van der Waals surface area contributed by atoms with Crippen LogP contribution in [0.5, 0.6) is 0 Å². The van der Waals surface area contributed by atoms with Crippen LogP contribution in [0.25, 0.3) is 0 Å². The first-order valence-corrected chi connectivity index (χ1v) is 12.0. The summed E-state index contributed by atoms with van der Waals surface area (Å²) < 4.78 is 7.74. The van der Waals surface area contributed by atoms with Gasteiger partial charge in [0.05, 0.1) is 24.9 Å². The van der Waals surface area contributed by atoms with Crippen LogP contribution in [0.1, 0.15) is 43.5 Å². The van der Waals surface area contributed by atoms with Gasteiger partial charge in [0.2, 0.25) is 5.91 Å². The molecule has 1 aromatic carbocycles. The van der Waals surface area contributed by atoms with Gasteiger partial charge in [-0.2, -0.15) is 0 Å². The molecule has 2 aliphatic rings. The minimum absolute atomic E-state index is 0.0161. The largest absolute Gasteiger partial charge is 0.376 e. The second kappa shape index (κ2) is 10.9. The van der Waals surface area contributed by atoms with Crippen molar-refractivity contribution in [2.75, 3.05) is 32.0 Å². The molecule has 162 valence electrons. The number of rotatable bonds is 9. The number of nitrogens with zero attached hydrogens (tertiary/aromatic N) is 4. The Hall–Kier alpha value is -1.90. The van der Waals surface area contributed by atoms with E-state index >= 15 is 0 Å². The second-order valence-corrected chi connectivity index (χ2v) is 8.98. The molecule has 0 spiro atoms. The van der Waals surface area contributed by atoms with Crippen molar-refractivity contribution in [3.05, 3.63) is 41.7 Å². The van der Waals surface area contributed by atoms with Gasteiger partial charge in [0.25, 0.3) is 0 Å². The Morgan fingerprint density at radius 1 is 1.10 bits per heavy atom. The molecular weight excluding hydrogens is 398 g/mol. The molecule has 1 aromatic heterocycles. The zero-order chi connectivity index (χ0) is 20.6. The fourth-order valence-electron chi connectivity index (χ4n) is 4.00. The van der Waals surface area contributed by atoms with E-state index in [-0.39, 0.29) is 12.0 Å². The molecule has 1 atom stereocenters. The maximum absolute atomic E-state index is 12.3. The van der Waals surface area contributed by atoms with Gasteiger partial charge in [0, 0.05) is 13.2 Å². The summed E-state index contributed by atoms with van der Waals surface area (Å²) in [6, 6.07) is 10.4. The zero-order valence-electron chi connectivity index (χ0n) is 17.5. The molecule has 1 N–H and O–H groups in total. The standard InChI is InChI=1S/C22H31N5O2S/c28-21(23-14-19-10-7-13-29-19)17-30-22-25-24-20(16-26-11-5-2-6-12-26)27(22)15-18-8-3-1-4-9-18/h1,3-4,8-9,19H,2,5-7,10-17H2,(H,23,28). The molecule has 0 saturated carbocycles. The molecule has 0 aliphatic carbocycles. The van der Waals surface area contributed by atoms with E-state index in [2.05, 4.69) is 49.2 Å². The monoisotopic (exact) mass is 429 g/mol. The number of hydrogen-bond donors (Lipinski definition) is 1. The summed E-state index contributed by atoms with van der Waals surface area (Å²) in [5.41, 5.74) is 1.21. The predicted molar refractivity (Wildman–Crippen MR) is 117 cm³/mol. The number of benzene rings is 1. The van der Waals surface area contributed by atoms with Crippen LogP contribution in [-0.4, -0.2) is 63.7 Å². The van der Waals surface area contributed by atoms with E-state index in [1.807, 2.05) is 6.07 Å². The van der Waals surface area contributed by atoms with Crippen LogP contribution in [-0.2, 0) is 22.6 Å². The summed E-state index contributed by atoms with van der Waals surface area (Å²) in [5.74, 6) is 1.33. The van der Waals surface area contributed by atoms with Gasteiger partial charge in [-0.05, 0) is 44.3 Å². The highest BCUT2D eigenvalue weighted by Gasteiger charge is 2.20. The number of hydrogen-bond acceptors (Lipinski definition) is 6. The number of amides is 1. The number of nitrogens with one attached hydrogen (secondary N) is 1. The summed E-state index contributed by atoms with van der Waals surface area (Å²) in [5, 5.41) is 12.7. The van der Waals surface area contributed by atoms with Gasteiger partial charge in [0.1, 0.15) is 5.82 Å². The lowest BCUT2D eigenvalue weighted by molar-refractivity contribution is -0.119. The van der Waals surface area contributed by atoms with E-state index in [1.54, 1.807) is 0 Å².